The van der Waals surface area contributed by atoms with Crippen LogP contribution in [0.3, 0.4) is 0 Å². The maximum atomic E-state index is 12.6. The van der Waals surface area contributed by atoms with Crippen molar-refractivity contribution in [1.29, 1.82) is 0 Å². The van der Waals surface area contributed by atoms with Crippen molar-refractivity contribution in [3.63, 3.8) is 0 Å². The maximum absolute atomic E-state index is 12.6. The molecule has 1 aromatic carbocycles. The third kappa shape index (κ3) is 2.29. The van der Waals surface area contributed by atoms with Crippen LogP contribution in [0.5, 0.6) is 0 Å². The third-order valence-electron chi connectivity index (χ3n) is 2.17. The molecule has 0 fully saturated rings. The molecule has 1 aromatic heterocycles. The number of nitrogens with zero attached hydrogens (tertiary/aromatic N) is 4. The molecule has 0 radical (unpaired) electrons. The van der Waals surface area contributed by atoms with Crippen LogP contribution in [0.1, 0.15) is 11.4 Å². The topological polar surface area (TPSA) is 63.8 Å². The summed E-state index contributed by atoms with van der Waals surface area (Å²) in [5.41, 5.74) is 0.360. The van der Waals surface area contributed by atoms with Gasteiger partial charge in [-0.3, -0.25) is 0 Å². The molecule has 96 valence electrons. The van der Waals surface area contributed by atoms with Crippen molar-refractivity contribution in [2.75, 3.05) is 0 Å². The molecule has 1 N–H and O–H groups in total. The first-order valence-corrected chi connectivity index (χ1v) is 5.06. The van der Waals surface area contributed by atoms with Crippen molar-refractivity contribution < 1.29 is 18.3 Å². The smallest absolute Gasteiger partial charge is 0.392 e. The zero-order valence-corrected chi connectivity index (χ0v) is 9.44. The van der Waals surface area contributed by atoms with Crippen LogP contribution in [0.25, 0.3) is 5.69 Å². The lowest BCUT2D eigenvalue weighted by atomic mass is 10.2. The first kappa shape index (κ1) is 12.8. The second kappa shape index (κ2) is 4.54. The lowest BCUT2D eigenvalue weighted by Crippen LogP contribution is -2.14. The zero-order chi connectivity index (χ0) is 13.3. The maximum Gasteiger partial charge on any atom is 0.453 e. The Morgan fingerprint density at radius 2 is 2.06 bits per heavy atom. The van der Waals surface area contributed by atoms with E-state index in [-0.39, 0.29) is 16.3 Å². The van der Waals surface area contributed by atoms with Gasteiger partial charge in [0.25, 0.3) is 5.82 Å². The molecular formula is C9H6ClF3N4O. The summed E-state index contributed by atoms with van der Waals surface area (Å²) in [4.78, 5) is 0. The Bertz CT molecular complexity index is 569. The predicted molar refractivity (Wildman–Crippen MR) is 55.1 cm³/mol. The van der Waals surface area contributed by atoms with Crippen molar-refractivity contribution >= 4 is 11.6 Å². The first-order chi connectivity index (χ1) is 8.43. The SMILES string of the molecule is OCc1cc(-n2nnnc2C(F)(F)F)ccc1Cl. The van der Waals surface area contributed by atoms with E-state index >= 15 is 0 Å². The third-order valence-corrected chi connectivity index (χ3v) is 2.54. The van der Waals surface area contributed by atoms with Crippen molar-refractivity contribution in [3.05, 3.63) is 34.6 Å². The van der Waals surface area contributed by atoms with E-state index in [4.69, 9.17) is 16.7 Å². The monoisotopic (exact) mass is 278 g/mol. The molecule has 18 heavy (non-hydrogen) atoms. The summed E-state index contributed by atoms with van der Waals surface area (Å²) in [7, 11) is 0. The van der Waals surface area contributed by atoms with Crippen LogP contribution in [0.4, 0.5) is 13.2 Å². The predicted octanol–water partition coefficient (Wildman–Crippen LogP) is 1.83. The fraction of sp³-hybridized carbons (Fsp3) is 0.222. The van der Waals surface area contributed by atoms with Crippen LogP contribution in [0, 0.1) is 0 Å². The fourth-order valence-corrected chi connectivity index (χ4v) is 1.53. The molecule has 0 amide bonds. The van der Waals surface area contributed by atoms with Gasteiger partial charge in [-0.25, -0.2) is 0 Å². The van der Waals surface area contributed by atoms with Gasteiger partial charge in [0.2, 0.25) is 0 Å². The average molecular weight is 279 g/mol. The number of benzene rings is 1. The van der Waals surface area contributed by atoms with E-state index in [1.54, 1.807) is 0 Å². The van der Waals surface area contributed by atoms with E-state index in [0.29, 0.717) is 4.68 Å². The molecule has 0 aliphatic rings. The van der Waals surface area contributed by atoms with Gasteiger partial charge >= 0.3 is 6.18 Å². The van der Waals surface area contributed by atoms with Crippen molar-refractivity contribution in [2.24, 2.45) is 0 Å². The second-order valence-corrected chi connectivity index (χ2v) is 3.75. The number of alkyl halides is 3. The quantitative estimate of drug-likeness (QED) is 0.910. The number of aromatic nitrogens is 4. The van der Waals surface area contributed by atoms with Crippen LogP contribution in [-0.4, -0.2) is 25.3 Å². The summed E-state index contributed by atoms with van der Waals surface area (Å²) in [6.07, 6.45) is -4.66. The van der Waals surface area contributed by atoms with Gasteiger partial charge in [0.1, 0.15) is 0 Å². The minimum absolute atomic E-state index is 0.0702. The van der Waals surface area contributed by atoms with Crippen molar-refractivity contribution in [1.82, 2.24) is 20.2 Å². The number of aliphatic hydroxyl groups is 1. The summed E-state index contributed by atoms with van der Waals surface area (Å²) in [5.74, 6) is -1.24. The standard InChI is InChI=1S/C9H6ClF3N4O/c10-7-2-1-6(3-5(7)4-18)17-8(9(11,12)13)14-15-16-17/h1-3,18H,4H2. The Hall–Kier alpha value is -1.67. The highest BCUT2D eigenvalue weighted by Gasteiger charge is 2.38. The number of hydrogen-bond acceptors (Lipinski definition) is 4. The van der Waals surface area contributed by atoms with E-state index in [1.807, 2.05) is 0 Å². The van der Waals surface area contributed by atoms with Gasteiger partial charge in [-0.05, 0) is 34.2 Å². The van der Waals surface area contributed by atoms with E-state index in [2.05, 4.69) is 15.5 Å². The molecule has 0 unspecified atom stereocenters. The van der Waals surface area contributed by atoms with E-state index in [0.717, 1.165) is 0 Å². The highest BCUT2D eigenvalue weighted by molar-refractivity contribution is 6.31. The van der Waals surface area contributed by atoms with Gasteiger partial charge in [-0.2, -0.15) is 17.9 Å². The molecule has 0 atom stereocenters. The molecule has 0 saturated carbocycles. The van der Waals surface area contributed by atoms with Crippen LogP contribution < -0.4 is 0 Å². The minimum Gasteiger partial charge on any atom is -0.392 e. The number of halogens is 4. The molecule has 5 nitrogen and oxygen atoms in total. The highest BCUT2D eigenvalue weighted by Crippen LogP contribution is 2.29. The van der Waals surface area contributed by atoms with Gasteiger partial charge in [0.05, 0.1) is 12.3 Å². The molecular weight excluding hydrogens is 273 g/mol. The van der Waals surface area contributed by atoms with Gasteiger partial charge in [0.15, 0.2) is 0 Å². The Morgan fingerprint density at radius 1 is 1.33 bits per heavy atom. The van der Waals surface area contributed by atoms with Gasteiger partial charge < -0.3 is 5.11 Å². The molecule has 2 rings (SSSR count). The van der Waals surface area contributed by atoms with Gasteiger partial charge in [-0.15, -0.1) is 5.10 Å². The van der Waals surface area contributed by atoms with Crippen LogP contribution in [0.2, 0.25) is 5.02 Å². The normalized spacial score (nSPS) is 11.8. The van der Waals surface area contributed by atoms with E-state index in [1.165, 1.54) is 18.2 Å². The molecule has 0 aliphatic heterocycles. The highest BCUT2D eigenvalue weighted by atomic mass is 35.5. The largest absolute Gasteiger partial charge is 0.453 e. The van der Waals surface area contributed by atoms with Crippen LogP contribution >= 0.6 is 11.6 Å². The number of hydrogen-bond donors (Lipinski definition) is 1. The number of rotatable bonds is 2. The van der Waals surface area contributed by atoms with Gasteiger partial charge in [-0.1, -0.05) is 11.6 Å². The average Bonchev–Trinajstić information content (AvgIpc) is 2.78. The molecule has 0 saturated heterocycles. The van der Waals surface area contributed by atoms with Gasteiger partial charge in [0, 0.05) is 5.02 Å². The molecule has 0 spiro atoms. The number of tetrazole rings is 1. The molecule has 0 bridgehead atoms. The number of aliphatic hydroxyl groups excluding tert-OH is 1. The minimum atomic E-state index is -4.66. The lowest BCUT2D eigenvalue weighted by Gasteiger charge is -2.08. The molecule has 2 aromatic rings. The Balaban J connectivity index is 2.53. The molecule has 1 heterocycles. The molecule has 9 heteroatoms. The van der Waals surface area contributed by atoms with E-state index in [9.17, 15) is 13.2 Å². The van der Waals surface area contributed by atoms with Crippen LogP contribution in [-0.2, 0) is 12.8 Å². The zero-order valence-electron chi connectivity index (χ0n) is 8.69. The Labute approximate surface area is 104 Å². The van der Waals surface area contributed by atoms with E-state index < -0.39 is 18.6 Å². The summed E-state index contributed by atoms with van der Waals surface area (Å²) >= 11 is 5.74. The summed E-state index contributed by atoms with van der Waals surface area (Å²) in [5, 5.41) is 18.4. The first-order valence-electron chi connectivity index (χ1n) is 4.68. The fourth-order valence-electron chi connectivity index (χ4n) is 1.35. The molecule has 0 aliphatic carbocycles. The Morgan fingerprint density at radius 3 is 2.67 bits per heavy atom. The van der Waals surface area contributed by atoms with Crippen molar-refractivity contribution in [2.45, 2.75) is 12.8 Å². The summed E-state index contributed by atoms with van der Waals surface area (Å²) in [6.45, 7) is -0.393. The Kier molecular flexibility index (Phi) is 3.22. The lowest BCUT2D eigenvalue weighted by molar-refractivity contribution is -0.146. The summed E-state index contributed by atoms with van der Waals surface area (Å²) < 4.78 is 38.3. The van der Waals surface area contributed by atoms with Crippen molar-refractivity contribution in [3.8, 4) is 5.69 Å². The van der Waals surface area contributed by atoms with Crippen LogP contribution in [0.15, 0.2) is 18.2 Å². The summed E-state index contributed by atoms with van der Waals surface area (Å²) in [6, 6.07) is 3.98. The second-order valence-electron chi connectivity index (χ2n) is 3.35.